The average Bonchev–Trinajstić information content (AvgIpc) is 3.31. The van der Waals surface area contributed by atoms with Crippen LogP contribution < -0.4 is 21.2 Å². The van der Waals surface area contributed by atoms with Gasteiger partial charge in [0.25, 0.3) is 0 Å². The van der Waals surface area contributed by atoms with Crippen molar-refractivity contribution in [2.75, 3.05) is 0 Å². The molecule has 0 heterocycles. The van der Waals surface area contributed by atoms with E-state index in [4.69, 9.17) is 0 Å². The molecule has 210 valence electrons. The second-order valence-corrected chi connectivity index (χ2v) is 17.1. The summed E-state index contributed by atoms with van der Waals surface area (Å²) in [6.45, 7) is 20.5. The zero-order chi connectivity index (χ0) is 29.4. The van der Waals surface area contributed by atoms with Crippen LogP contribution in [0, 0.1) is 61.3 Å². The summed E-state index contributed by atoms with van der Waals surface area (Å²) in [5.41, 5.74) is 11.3. The van der Waals surface area contributed by atoms with Crippen LogP contribution in [0.5, 0.6) is 0 Å². The molecule has 0 radical (unpaired) electrons. The Balaban J connectivity index is 1.66. The van der Waals surface area contributed by atoms with E-state index in [1.165, 1.54) is 65.7 Å². The lowest BCUT2D eigenvalue weighted by molar-refractivity contribution is 0.785. The lowest BCUT2D eigenvalue weighted by Crippen LogP contribution is -2.28. The molecule has 2 heteroatoms. The van der Waals surface area contributed by atoms with Crippen LogP contribution >= 0.6 is 15.8 Å². The molecular weight excluding hydrogens is 530 g/mol. The minimum absolute atomic E-state index is 0.385. The molecule has 5 rings (SSSR count). The molecule has 0 bridgehead atoms. The summed E-state index contributed by atoms with van der Waals surface area (Å²) in [7, 11) is -1.25. The molecule has 0 amide bonds. The molecule has 0 saturated carbocycles. The van der Waals surface area contributed by atoms with Crippen LogP contribution in [0.2, 0.25) is 0 Å². The van der Waals surface area contributed by atoms with Gasteiger partial charge in [0.2, 0.25) is 0 Å². The molecule has 41 heavy (non-hydrogen) atoms. The maximum atomic E-state index is 2.52. The standard InChI is InChI=1S/C39H44P2/c1-25-13-26(2)18-34(17-25)40(35-19-27(3)14-28(4)20-35)33(9)38-11-10-12-39(38)41(36-21-29(5)15-30(6)22-36)37-23-31(7)16-32(8)24-37/h10-24,33,38H,1-9H3. The third-order valence-corrected chi connectivity index (χ3v) is 13.3. The van der Waals surface area contributed by atoms with Crippen molar-refractivity contribution in [3.8, 4) is 0 Å². The first-order chi connectivity index (χ1) is 19.5. The molecule has 2 atom stereocenters. The zero-order valence-corrected chi connectivity index (χ0v) is 28.0. The average molecular weight is 575 g/mol. The monoisotopic (exact) mass is 574 g/mol. The van der Waals surface area contributed by atoms with E-state index in [2.05, 4.69) is 153 Å². The Morgan fingerprint density at radius 3 is 1.12 bits per heavy atom. The summed E-state index contributed by atoms with van der Waals surface area (Å²) in [6.07, 6.45) is 7.30. The van der Waals surface area contributed by atoms with Crippen molar-refractivity contribution in [2.24, 2.45) is 5.92 Å². The second-order valence-electron chi connectivity index (χ2n) is 12.3. The van der Waals surface area contributed by atoms with E-state index < -0.39 is 15.8 Å². The fourth-order valence-electron chi connectivity index (χ4n) is 6.68. The van der Waals surface area contributed by atoms with Crippen molar-refractivity contribution < 1.29 is 0 Å². The van der Waals surface area contributed by atoms with Crippen LogP contribution in [0.1, 0.15) is 51.4 Å². The largest absolute Gasteiger partial charge is 0.0763 e. The van der Waals surface area contributed by atoms with E-state index in [9.17, 15) is 0 Å². The van der Waals surface area contributed by atoms with Crippen molar-refractivity contribution >= 4 is 37.1 Å². The van der Waals surface area contributed by atoms with Crippen LogP contribution in [-0.2, 0) is 0 Å². The van der Waals surface area contributed by atoms with Gasteiger partial charge in [-0.2, -0.15) is 0 Å². The SMILES string of the molecule is Cc1cc(C)cc(P(C2=CC=CC2C(C)P(c2cc(C)cc(C)c2)c2cc(C)cc(C)c2)c2cc(C)cc(C)c2)c1. The van der Waals surface area contributed by atoms with Crippen LogP contribution in [0.15, 0.2) is 96.3 Å². The topological polar surface area (TPSA) is 0 Å². The first-order valence-electron chi connectivity index (χ1n) is 14.8. The van der Waals surface area contributed by atoms with Gasteiger partial charge in [-0.05, 0) is 103 Å². The Morgan fingerprint density at radius 2 is 0.780 bits per heavy atom. The Kier molecular flexibility index (Phi) is 8.85. The summed E-state index contributed by atoms with van der Waals surface area (Å²) in [6, 6.07) is 28.8. The van der Waals surface area contributed by atoms with Gasteiger partial charge in [0, 0.05) is 5.92 Å². The zero-order valence-electron chi connectivity index (χ0n) is 26.2. The van der Waals surface area contributed by atoms with E-state index >= 15 is 0 Å². The maximum absolute atomic E-state index is 2.52. The predicted octanol–water partition coefficient (Wildman–Crippen LogP) is 9.18. The van der Waals surface area contributed by atoms with E-state index in [0.717, 1.165) is 0 Å². The third-order valence-electron chi connectivity index (χ3n) is 8.01. The van der Waals surface area contributed by atoms with E-state index in [-0.39, 0.29) is 0 Å². The molecular formula is C39H44P2. The highest BCUT2D eigenvalue weighted by Gasteiger charge is 2.35. The molecule has 1 aliphatic rings. The van der Waals surface area contributed by atoms with Gasteiger partial charge < -0.3 is 0 Å². The quantitative estimate of drug-likeness (QED) is 0.193. The first-order valence-corrected chi connectivity index (χ1v) is 17.5. The fourth-order valence-corrected chi connectivity index (χ4v) is 13.1. The van der Waals surface area contributed by atoms with Crippen molar-refractivity contribution in [1.29, 1.82) is 0 Å². The Hall–Kier alpha value is -2.78. The maximum Gasteiger partial charge on any atom is 0.0103 e. The highest BCUT2D eigenvalue weighted by atomic mass is 31.1. The van der Waals surface area contributed by atoms with E-state index in [1.807, 2.05) is 0 Å². The van der Waals surface area contributed by atoms with Crippen molar-refractivity contribution in [2.45, 2.75) is 68.0 Å². The molecule has 0 saturated heterocycles. The molecule has 0 fully saturated rings. The van der Waals surface area contributed by atoms with Crippen molar-refractivity contribution in [3.63, 3.8) is 0 Å². The number of benzene rings is 4. The van der Waals surface area contributed by atoms with Gasteiger partial charge in [-0.25, -0.2) is 0 Å². The van der Waals surface area contributed by atoms with Gasteiger partial charge in [-0.1, -0.05) is 142 Å². The van der Waals surface area contributed by atoms with Crippen LogP contribution in [-0.4, -0.2) is 5.66 Å². The number of hydrogen-bond donors (Lipinski definition) is 0. The molecule has 0 spiro atoms. The third kappa shape index (κ3) is 6.67. The summed E-state index contributed by atoms with van der Waals surface area (Å²) < 4.78 is 0. The first kappa shape index (κ1) is 29.7. The number of hydrogen-bond acceptors (Lipinski definition) is 0. The van der Waals surface area contributed by atoms with E-state index in [1.54, 1.807) is 5.31 Å². The Bertz CT molecular complexity index is 1470. The van der Waals surface area contributed by atoms with Gasteiger partial charge in [0.1, 0.15) is 0 Å². The molecule has 4 aromatic rings. The Labute approximate surface area is 251 Å². The lowest BCUT2D eigenvalue weighted by Gasteiger charge is -2.35. The molecule has 0 aliphatic heterocycles. The molecule has 1 aliphatic carbocycles. The lowest BCUT2D eigenvalue weighted by atomic mass is 10.1. The van der Waals surface area contributed by atoms with Crippen molar-refractivity contribution in [1.82, 2.24) is 0 Å². The smallest absolute Gasteiger partial charge is 0.0103 e. The number of aryl methyl sites for hydroxylation is 8. The number of allylic oxidation sites excluding steroid dienone is 4. The van der Waals surface area contributed by atoms with Gasteiger partial charge >= 0.3 is 0 Å². The van der Waals surface area contributed by atoms with Crippen LogP contribution in [0.3, 0.4) is 0 Å². The van der Waals surface area contributed by atoms with Crippen LogP contribution in [0.4, 0.5) is 0 Å². The summed E-state index contributed by atoms with van der Waals surface area (Å²) >= 11 is 0. The number of rotatable bonds is 7. The normalized spacial score (nSPS) is 15.6. The van der Waals surface area contributed by atoms with Crippen molar-refractivity contribution in [3.05, 3.63) is 141 Å². The van der Waals surface area contributed by atoms with Crippen LogP contribution in [0.25, 0.3) is 0 Å². The molecule has 0 N–H and O–H groups in total. The second kappa shape index (κ2) is 12.2. The fraction of sp³-hybridized carbons (Fsp3) is 0.282. The molecule has 0 aromatic heterocycles. The Morgan fingerprint density at radius 1 is 0.463 bits per heavy atom. The minimum atomic E-state index is -0.667. The molecule has 2 unspecified atom stereocenters. The predicted molar refractivity (Wildman–Crippen MR) is 186 cm³/mol. The summed E-state index contributed by atoms with van der Waals surface area (Å²) in [5, 5.41) is 7.52. The van der Waals surface area contributed by atoms with Gasteiger partial charge in [-0.3, -0.25) is 0 Å². The molecule has 0 nitrogen and oxygen atoms in total. The summed E-state index contributed by atoms with van der Waals surface area (Å²) in [4.78, 5) is 0. The van der Waals surface area contributed by atoms with Gasteiger partial charge in [-0.15, -0.1) is 0 Å². The van der Waals surface area contributed by atoms with E-state index in [0.29, 0.717) is 11.6 Å². The molecule has 4 aromatic carbocycles. The highest BCUT2D eigenvalue weighted by molar-refractivity contribution is 7.77. The summed E-state index contributed by atoms with van der Waals surface area (Å²) in [5.74, 6) is 0.385. The minimum Gasteiger partial charge on any atom is -0.0763 e. The van der Waals surface area contributed by atoms with Gasteiger partial charge in [0.15, 0.2) is 0 Å². The highest BCUT2D eigenvalue weighted by Crippen LogP contribution is 2.55. The van der Waals surface area contributed by atoms with Gasteiger partial charge in [0.05, 0.1) is 0 Å².